The smallest absolute Gasteiger partial charge is 0.0244 e. The summed E-state index contributed by atoms with van der Waals surface area (Å²) >= 11 is 0. The van der Waals surface area contributed by atoms with Crippen molar-refractivity contribution in [3.05, 3.63) is 48.0 Å². The van der Waals surface area contributed by atoms with Crippen LogP contribution in [0, 0.1) is 0 Å². The van der Waals surface area contributed by atoms with E-state index in [2.05, 4.69) is 66.5 Å². The third-order valence-corrected chi connectivity index (χ3v) is 4.83. The SMILES string of the molecule is CCC1CN(Cc2cccc3ccccc23)C(CC)CN1. The highest BCUT2D eigenvalue weighted by Crippen LogP contribution is 2.22. The van der Waals surface area contributed by atoms with Crippen LogP contribution in [0.4, 0.5) is 0 Å². The molecule has 0 spiro atoms. The first-order valence-electron chi connectivity index (χ1n) is 8.26. The quantitative estimate of drug-likeness (QED) is 0.917. The van der Waals surface area contributed by atoms with E-state index in [1.807, 2.05) is 0 Å². The third-order valence-electron chi connectivity index (χ3n) is 4.83. The van der Waals surface area contributed by atoms with Gasteiger partial charge in [-0.15, -0.1) is 0 Å². The molecule has 112 valence electrons. The van der Waals surface area contributed by atoms with Gasteiger partial charge in [-0.2, -0.15) is 0 Å². The van der Waals surface area contributed by atoms with Gasteiger partial charge in [-0.1, -0.05) is 56.3 Å². The summed E-state index contributed by atoms with van der Waals surface area (Å²) in [7, 11) is 0. The highest BCUT2D eigenvalue weighted by molar-refractivity contribution is 5.85. The topological polar surface area (TPSA) is 15.3 Å². The fourth-order valence-corrected chi connectivity index (χ4v) is 3.45. The summed E-state index contributed by atoms with van der Waals surface area (Å²) in [6.45, 7) is 7.94. The molecule has 0 aliphatic carbocycles. The highest BCUT2D eigenvalue weighted by atomic mass is 15.2. The molecule has 2 atom stereocenters. The maximum absolute atomic E-state index is 3.68. The lowest BCUT2D eigenvalue weighted by molar-refractivity contribution is 0.118. The summed E-state index contributed by atoms with van der Waals surface area (Å²) < 4.78 is 0. The molecular weight excluding hydrogens is 256 g/mol. The second-order valence-corrected chi connectivity index (χ2v) is 6.14. The molecule has 0 saturated carbocycles. The number of nitrogens with zero attached hydrogens (tertiary/aromatic N) is 1. The predicted molar refractivity (Wildman–Crippen MR) is 90.5 cm³/mol. The molecule has 2 aromatic carbocycles. The van der Waals surface area contributed by atoms with E-state index < -0.39 is 0 Å². The summed E-state index contributed by atoms with van der Waals surface area (Å²) in [6.07, 6.45) is 2.43. The minimum Gasteiger partial charge on any atom is -0.311 e. The van der Waals surface area contributed by atoms with E-state index in [0.717, 1.165) is 19.6 Å². The molecule has 0 aromatic heterocycles. The molecule has 0 amide bonds. The summed E-state index contributed by atoms with van der Waals surface area (Å²) in [6, 6.07) is 16.7. The summed E-state index contributed by atoms with van der Waals surface area (Å²) in [5.41, 5.74) is 1.46. The number of piperazine rings is 1. The molecule has 2 unspecified atom stereocenters. The van der Waals surface area contributed by atoms with Gasteiger partial charge in [0.2, 0.25) is 0 Å². The zero-order chi connectivity index (χ0) is 14.7. The van der Waals surface area contributed by atoms with Gasteiger partial charge in [-0.25, -0.2) is 0 Å². The van der Waals surface area contributed by atoms with Crippen molar-refractivity contribution < 1.29 is 0 Å². The van der Waals surface area contributed by atoms with Crippen molar-refractivity contribution in [3.8, 4) is 0 Å². The van der Waals surface area contributed by atoms with Crippen LogP contribution in [0.5, 0.6) is 0 Å². The molecule has 2 nitrogen and oxygen atoms in total. The Morgan fingerprint density at radius 1 is 1.05 bits per heavy atom. The Morgan fingerprint density at radius 3 is 2.67 bits per heavy atom. The molecule has 2 heteroatoms. The van der Waals surface area contributed by atoms with Crippen molar-refractivity contribution >= 4 is 10.8 Å². The number of hydrogen-bond donors (Lipinski definition) is 1. The number of hydrogen-bond acceptors (Lipinski definition) is 2. The fourth-order valence-electron chi connectivity index (χ4n) is 3.45. The fraction of sp³-hybridized carbons (Fsp3) is 0.474. The van der Waals surface area contributed by atoms with Gasteiger partial charge in [0, 0.05) is 31.7 Å². The van der Waals surface area contributed by atoms with Crippen LogP contribution in [-0.2, 0) is 6.54 Å². The van der Waals surface area contributed by atoms with Gasteiger partial charge in [-0.3, -0.25) is 4.90 Å². The van der Waals surface area contributed by atoms with Crippen molar-refractivity contribution in [2.24, 2.45) is 0 Å². The summed E-state index contributed by atoms with van der Waals surface area (Å²) in [5.74, 6) is 0. The number of fused-ring (bicyclic) bond motifs is 1. The number of benzene rings is 2. The van der Waals surface area contributed by atoms with E-state index in [1.54, 1.807) is 0 Å². The Morgan fingerprint density at radius 2 is 1.86 bits per heavy atom. The van der Waals surface area contributed by atoms with Gasteiger partial charge in [0.15, 0.2) is 0 Å². The average molecular weight is 282 g/mol. The maximum atomic E-state index is 3.68. The Bertz CT molecular complexity index is 588. The summed E-state index contributed by atoms with van der Waals surface area (Å²) in [5, 5.41) is 6.44. The monoisotopic (exact) mass is 282 g/mol. The van der Waals surface area contributed by atoms with Crippen LogP contribution >= 0.6 is 0 Å². The van der Waals surface area contributed by atoms with Crippen LogP contribution in [0.3, 0.4) is 0 Å². The minimum absolute atomic E-state index is 0.641. The second-order valence-electron chi connectivity index (χ2n) is 6.14. The molecule has 1 N–H and O–H groups in total. The molecule has 1 fully saturated rings. The molecule has 0 radical (unpaired) electrons. The van der Waals surface area contributed by atoms with Gasteiger partial charge in [0.25, 0.3) is 0 Å². The molecule has 1 saturated heterocycles. The molecule has 2 aromatic rings. The molecule has 1 aliphatic heterocycles. The third kappa shape index (κ3) is 3.12. The van der Waals surface area contributed by atoms with Crippen molar-refractivity contribution in [2.75, 3.05) is 13.1 Å². The van der Waals surface area contributed by atoms with Gasteiger partial charge in [-0.05, 0) is 29.2 Å². The molecule has 0 bridgehead atoms. The Hall–Kier alpha value is -1.38. The first-order valence-corrected chi connectivity index (χ1v) is 8.26. The van der Waals surface area contributed by atoms with Crippen molar-refractivity contribution in [2.45, 2.75) is 45.3 Å². The van der Waals surface area contributed by atoms with Crippen molar-refractivity contribution in [3.63, 3.8) is 0 Å². The molecule has 1 heterocycles. The predicted octanol–water partition coefficient (Wildman–Crippen LogP) is 3.80. The molecule has 1 aliphatic rings. The van der Waals surface area contributed by atoms with E-state index in [4.69, 9.17) is 0 Å². The maximum Gasteiger partial charge on any atom is 0.0244 e. The van der Waals surface area contributed by atoms with Gasteiger partial charge in [0.1, 0.15) is 0 Å². The first-order chi connectivity index (χ1) is 10.3. The van der Waals surface area contributed by atoms with E-state index >= 15 is 0 Å². The van der Waals surface area contributed by atoms with Gasteiger partial charge in [0.05, 0.1) is 0 Å². The van der Waals surface area contributed by atoms with Crippen LogP contribution < -0.4 is 5.32 Å². The van der Waals surface area contributed by atoms with Gasteiger partial charge >= 0.3 is 0 Å². The van der Waals surface area contributed by atoms with Gasteiger partial charge < -0.3 is 5.32 Å². The Labute approximate surface area is 128 Å². The number of rotatable bonds is 4. The second kappa shape index (κ2) is 6.59. The van der Waals surface area contributed by atoms with E-state index in [1.165, 1.54) is 29.2 Å². The Kier molecular flexibility index (Phi) is 4.57. The first kappa shape index (κ1) is 14.6. The van der Waals surface area contributed by atoms with Crippen LogP contribution in [0.15, 0.2) is 42.5 Å². The molecule has 21 heavy (non-hydrogen) atoms. The van der Waals surface area contributed by atoms with Crippen LogP contribution in [0.25, 0.3) is 10.8 Å². The lowest BCUT2D eigenvalue weighted by atomic mass is 10.0. The molecule has 3 rings (SSSR count). The standard InChI is InChI=1S/C19H26N2/c1-3-17-14-21(18(4-2)12-20-17)13-16-10-7-9-15-8-5-6-11-19(15)16/h5-11,17-18,20H,3-4,12-14H2,1-2H3. The number of nitrogens with one attached hydrogen (secondary N) is 1. The lowest BCUT2D eigenvalue weighted by Crippen LogP contribution is -2.55. The summed E-state index contributed by atoms with van der Waals surface area (Å²) in [4.78, 5) is 2.67. The largest absolute Gasteiger partial charge is 0.311 e. The van der Waals surface area contributed by atoms with Crippen LogP contribution in [0.1, 0.15) is 32.3 Å². The lowest BCUT2D eigenvalue weighted by Gasteiger charge is -2.40. The zero-order valence-electron chi connectivity index (χ0n) is 13.2. The highest BCUT2D eigenvalue weighted by Gasteiger charge is 2.25. The molecular formula is C19H26N2. The van der Waals surface area contributed by atoms with Crippen molar-refractivity contribution in [1.29, 1.82) is 0 Å². The minimum atomic E-state index is 0.641. The van der Waals surface area contributed by atoms with E-state index in [-0.39, 0.29) is 0 Å². The van der Waals surface area contributed by atoms with Crippen LogP contribution in [-0.4, -0.2) is 30.1 Å². The average Bonchev–Trinajstić information content (AvgIpc) is 2.55. The Balaban J connectivity index is 1.85. The van der Waals surface area contributed by atoms with Crippen molar-refractivity contribution in [1.82, 2.24) is 10.2 Å². The zero-order valence-corrected chi connectivity index (χ0v) is 13.2. The van der Waals surface area contributed by atoms with E-state index in [0.29, 0.717) is 12.1 Å². The normalized spacial score (nSPS) is 23.5. The van der Waals surface area contributed by atoms with Crippen LogP contribution in [0.2, 0.25) is 0 Å². The van der Waals surface area contributed by atoms with E-state index in [9.17, 15) is 0 Å².